The molecule has 3 amide bonds. The van der Waals surface area contributed by atoms with Crippen LogP contribution in [0.5, 0.6) is 11.5 Å². The van der Waals surface area contributed by atoms with Crippen molar-refractivity contribution < 1.29 is 28.7 Å². The van der Waals surface area contributed by atoms with Crippen molar-refractivity contribution in [3.05, 3.63) is 23.3 Å². The van der Waals surface area contributed by atoms with Crippen molar-refractivity contribution in [3.8, 4) is 11.5 Å². The topological polar surface area (TPSA) is 102 Å². The van der Waals surface area contributed by atoms with Gasteiger partial charge in [0.15, 0.2) is 23.9 Å². The lowest BCUT2D eigenvalue weighted by atomic mass is 10.0. The molecule has 3 aliphatic rings. The zero-order chi connectivity index (χ0) is 16.8. The summed E-state index contributed by atoms with van der Waals surface area (Å²) in [5.41, 5.74) is 1.16. The van der Waals surface area contributed by atoms with Crippen LogP contribution in [-0.2, 0) is 20.9 Å². The molecule has 1 aromatic rings. The average Bonchev–Trinajstić information content (AvgIpc) is 2.88. The van der Waals surface area contributed by atoms with E-state index in [0.29, 0.717) is 35.3 Å². The molecule has 1 saturated heterocycles. The number of hydrogen-bond acceptors (Lipinski definition) is 6. The van der Waals surface area contributed by atoms with Crippen LogP contribution in [0.15, 0.2) is 12.1 Å². The van der Waals surface area contributed by atoms with Gasteiger partial charge in [0.05, 0.1) is 0 Å². The van der Waals surface area contributed by atoms with Gasteiger partial charge in [0.1, 0.15) is 12.6 Å². The van der Waals surface area contributed by atoms with Crippen molar-refractivity contribution in [2.45, 2.75) is 31.5 Å². The Balaban J connectivity index is 1.62. The summed E-state index contributed by atoms with van der Waals surface area (Å²) in [7, 11) is 0. The molecule has 0 saturated carbocycles. The molecule has 1 N–H and O–H groups in total. The van der Waals surface area contributed by atoms with Crippen LogP contribution in [0.4, 0.5) is 0 Å². The first-order valence-electron chi connectivity index (χ1n) is 7.63. The van der Waals surface area contributed by atoms with Gasteiger partial charge in [-0.1, -0.05) is 0 Å². The van der Waals surface area contributed by atoms with E-state index in [9.17, 15) is 19.2 Å². The third-order valence-corrected chi connectivity index (χ3v) is 4.42. The molecule has 0 spiro atoms. The lowest BCUT2D eigenvalue weighted by Crippen LogP contribution is -2.52. The molecule has 2 atom stereocenters. The summed E-state index contributed by atoms with van der Waals surface area (Å²) in [6.45, 7) is 0.350. The summed E-state index contributed by atoms with van der Waals surface area (Å²) in [5.74, 6) is -0.230. The maximum absolute atomic E-state index is 12.6. The largest absolute Gasteiger partial charge is 0.485 e. The van der Waals surface area contributed by atoms with Crippen LogP contribution in [0.3, 0.4) is 0 Å². The molecule has 3 aliphatic heterocycles. The minimum absolute atomic E-state index is 0.0976. The number of fused-ring (bicyclic) bond motifs is 2. The fraction of sp³-hybridized carbons (Fsp3) is 0.375. The Kier molecular flexibility index (Phi) is 3.26. The number of rotatable bonds is 2. The number of piperidine rings is 1. The van der Waals surface area contributed by atoms with Crippen molar-refractivity contribution in [2.75, 3.05) is 6.61 Å². The van der Waals surface area contributed by atoms with Crippen LogP contribution in [0.1, 0.15) is 28.8 Å². The molecule has 3 heterocycles. The maximum atomic E-state index is 12.6. The maximum Gasteiger partial charge on any atom is 0.255 e. The van der Waals surface area contributed by atoms with E-state index >= 15 is 0 Å². The van der Waals surface area contributed by atoms with Gasteiger partial charge in [0, 0.05) is 18.5 Å². The number of ether oxygens (including phenoxy) is 2. The van der Waals surface area contributed by atoms with Crippen LogP contribution in [0, 0.1) is 0 Å². The van der Waals surface area contributed by atoms with Crippen molar-refractivity contribution in [1.82, 2.24) is 10.2 Å². The van der Waals surface area contributed by atoms with Gasteiger partial charge in [-0.15, -0.1) is 0 Å². The molecule has 0 aliphatic carbocycles. The van der Waals surface area contributed by atoms with E-state index in [1.54, 1.807) is 12.1 Å². The molecule has 24 heavy (non-hydrogen) atoms. The number of nitrogens with one attached hydrogen (secondary N) is 1. The van der Waals surface area contributed by atoms with Crippen molar-refractivity contribution in [3.63, 3.8) is 0 Å². The molecule has 1 aromatic carbocycles. The molecular formula is C16H14N2O6. The molecule has 0 bridgehead atoms. The van der Waals surface area contributed by atoms with Crippen molar-refractivity contribution >= 4 is 24.0 Å². The molecule has 0 aromatic heterocycles. The standard InChI is InChI=1S/C16H14N2O6/c19-6-9-7-23-12-4-10-8(3-13(12)24-9)5-18(16(10)22)11-1-2-14(20)17-15(11)21/h3-4,6,9,11H,1-2,5,7H2,(H,17,20,21)/t9-,11-/m0/s1. The number of amides is 3. The van der Waals surface area contributed by atoms with Gasteiger partial charge in [-0.3, -0.25) is 24.5 Å². The SMILES string of the molecule is O=C[C@H]1COc2cc3c(cc2O1)CN([C@H]1CCC(=O)NC1=O)C3=O. The van der Waals surface area contributed by atoms with Gasteiger partial charge in [-0.05, 0) is 24.1 Å². The third kappa shape index (κ3) is 2.22. The van der Waals surface area contributed by atoms with Gasteiger partial charge in [0.2, 0.25) is 11.8 Å². The van der Waals surface area contributed by atoms with E-state index in [0.717, 1.165) is 0 Å². The predicted octanol–water partition coefficient (Wildman–Crippen LogP) is -0.214. The number of carbonyl (C=O) groups is 4. The van der Waals surface area contributed by atoms with E-state index in [4.69, 9.17) is 9.47 Å². The Morgan fingerprint density at radius 1 is 1.21 bits per heavy atom. The smallest absolute Gasteiger partial charge is 0.255 e. The summed E-state index contributed by atoms with van der Waals surface area (Å²) in [5, 5.41) is 2.26. The molecule has 124 valence electrons. The van der Waals surface area contributed by atoms with Crippen molar-refractivity contribution in [2.24, 2.45) is 0 Å². The number of nitrogens with zero attached hydrogens (tertiary/aromatic N) is 1. The summed E-state index contributed by atoms with van der Waals surface area (Å²) >= 11 is 0. The van der Waals surface area contributed by atoms with Gasteiger partial charge < -0.3 is 14.4 Å². The predicted molar refractivity (Wildman–Crippen MR) is 78.5 cm³/mol. The lowest BCUT2D eigenvalue weighted by molar-refractivity contribution is -0.136. The van der Waals surface area contributed by atoms with E-state index in [-0.39, 0.29) is 31.4 Å². The van der Waals surface area contributed by atoms with E-state index in [2.05, 4.69) is 5.32 Å². The lowest BCUT2D eigenvalue weighted by Gasteiger charge is -2.29. The van der Waals surface area contributed by atoms with Gasteiger partial charge in [0.25, 0.3) is 5.91 Å². The fourth-order valence-corrected chi connectivity index (χ4v) is 3.21. The molecular weight excluding hydrogens is 316 g/mol. The third-order valence-electron chi connectivity index (χ3n) is 4.42. The first-order valence-corrected chi connectivity index (χ1v) is 7.63. The van der Waals surface area contributed by atoms with Crippen LogP contribution in [0.2, 0.25) is 0 Å². The first kappa shape index (κ1) is 14.7. The Bertz CT molecular complexity index is 774. The van der Waals surface area contributed by atoms with E-state index < -0.39 is 18.1 Å². The van der Waals surface area contributed by atoms with E-state index in [1.807, 2.05) is 0 Å². The number of carbonyl (C=O) groups excluding carboxylic acids is 4. The zero-order valence-corrected chi connectivity index (χ0v) is 12.6. The zero-order valence-electron chi connectivity index (χ0n) is 12.6. The van der Waals surface area contributed by atoms with E-state index in [1.165, 1.54) is 4.90 Å². The summed E-state index contributed by atoms with van der Waals surface area (Å²) in [6, 6.07) is 2.59. The minimum atomic E-state index is -0.668. The van der Waals surface area contributed by atoms with Gasteiger partial charge in [-0.2, -0.15) is 0 Å². The highest BCUT2D eigenvalue weighted by Crippen LogP contribution is 2.38. The van der Waals surface area contributed by atoms with Crippen molar-refractivity contribution in [1.29, 1.82) is 0 Å². The molecule has 0 unspecified atom stereocenters. The highest BCUT2D eigenvalue weighted by molar-refractivity contribution is 6.05. The summed E-state index contributed by atoms with van der Waals surface area (Å²) in [6.07, 6.45) is 0.514. The Morgan fingerprint density at radius 2 is 2.04 bits per heavy atom. The Morgan fingerprint density at radius 3 is 2.79 bits per heavy atom. The van der Waals surface area contributed by atoms with Gasteiger partial charge in [-0.25, -0.2) is 0 Å². The summed E-state index contributed by atoms with van der Waals surface area (Å²) in [4.78, 5) is 48.2. The highest BCUT2D eigenvalue weighted by Gasteiger charge is 2.40. The second kappa shape index (κ2) is 5.33. The number of aldehydes is 1. The Hall–Kier alpha value is -2.90. The number of benzene rings is 1. The second-order valence-electron chi connectivity index (χ2n) is 5.96. The monoisotopic (exact) mass is 330 g/mol. The molecule has 4 rings (SSSR count). The highest BCUT2D eigenvalue weighted by atomic mass is 16.6. The Labute approximate surface area is 136 Å². The van der Waals surface area contributed by atoms with Crippen LogP contribution >= 0.6 is 0 Å². The number of hydrogen-bond donors (Lipinski definition) is 1. The normalized spacial score (nSPS) is 25.3. The van der Waals surface area contributed by atoms with Crippen LogP contribution < -0.4 is 14.8 Å². The second-order valence-corrected chi connectivity index (χ2v) is 5.96. The molecule has 8 heteroatoms. The van der Waals surface area contributed by atoms with Crippen LogP contribution in [0.25, 0.3) is 0 Å². The van der Waals surface area contributed by atoms with Crippen LogP contribution in [-0.4, -0.2) is 47.7 Å². The molecule has 8 nitrogen and oxygen atoms in total. The van der Waals surface area contributed by atoms with Gasteiger partial charge >= 0.3 is 0 Å². The first-order chi connectivity index (χ1) is 11.6. The summed E-state index contributed by atoms with van der Waals surface area (Å²) < 4.78 is 11.0. The quantitative estimate of drug-likeness (QED) is 0.594. The molecule has 0 radical (unpaired) electrons. The minimum Gasteiger partial charge on any atom is -0.485 e. The average molecular weight is 330 g/mol. The molecule has 1 fully saturated rings. The fourth-order valence-electron chi connectivity index (χ4n) is 3.21. The number of imide groups is 1.